The zero-order chi connectivity index (χ0) is 9.40. The van der Waals surface area contributed by atoms with Crippen LogP contribution in [0.15, 0.2) is 0 Å². The SMILES string of the molecule is COCC(CCl)NC(=O)CSC. The summed E-state index contributed by atoms with van der Waals surface area (Å²) < 4.78 is 4.87. The van der Waals surface area contributed by atoms with Crippen LogP contribution < -0.4 is 5.32 Å². The molecule has 0 saturated heterocycles. The van der Waals surface area contributed by atoms with E-state index in [0.29, 0.717) is 18.2 Å². The molecule has 5 heteroatoms. The molecule has 0 rings (SSSR count). The Morgan fingerprint density at radius 2 is 2.42 bits per heavy atom. The van der Waals surface area contributed by atoms with E-state index < -0.39 is 0 Å². The average Bonchev–Trinajstić information content (AvgIpc) is 2.04. The van der Waals surface area contributed by atoms with E-state index in [-0.39, 0.29) is 11.9 Å². The van der Waals surface area contributed by atoms with Crippen molar-refractivity contribution in [3.63, 3.8) is 0 Å². The quantitative estimate of drug-likeness (QED) is 0.658. The van der Waals surface area contributed by atoms with Crippen molar-refractivity contribution in [3.8, 4) is 0 Å². The van der Waals surface area contributed by atoms with Gasteiger partial charge in [-0.3, -0.25) is 4.79 Å². The first-order chi connectivity index (χ1) is 5.74. The molecule has 1 amide bonds. The molecule has 12 heavy (non-hydrogen) atoms. The van der Waals surface area contributed by atoms with Crippen LogP contribution in [0.25, 0.3) is 0 Å². The van der Waals surface area contributed by atoms with Gasteiger partial charge in [-0.2, -0.15) is 11.8 Å². The smallest absolute Gasteiger partial charge is 0.230 e. The molecule has 0 fully saturated rings. The number of carbonyl (C=O) groups excluding carboxylic acids is 1. The van der Waals surface area contributed by atoms with E-state index in [1.165, 1.54) is 11.8 Å². The second kappa shape index (κ2) is 7.71. The van der Waals surface area contributed by atoms with Gasteiger partial charge in [-0.15, -0.1) is 11.6 Å². The van der Waals surface area contributed by atoms with Crippen molar-refractivity contribution in [2.45, 2.75) is 6.04 Å². The maximum absolute atomic E-state index is 11.0. The van der Waals surface area contributed by atoms with Crippen LogP contribution in [0.2, 0.25) is 0 Å². The lowest BCUT2D eigenvalue weighted by Gasteiger charge is -2.14. The molecule has 0 aromatic carbocycles. The molecule has 1 N–H and O–H groups in total. The Bertz CT molecular complexity index is 135. The fourth-order valence-corrected chi connectivity index (χ4v) is 1.24. The molecule has 72 valence electrons. The minimum absolute atomic E-state index is 0.00481. The van der Waals surface area contributed by atoms with Crippen LogP contribution in [0.1, 0.15) is 0 Å². The lowest BCUT2D eigenvalue weighted by Crippen LogP contribution is -2.40. The van der Waals surface area contributed by atoms with Crippen molar-refractivity contribution in [1.29, 1.82) is 0 Å². The monoisotopic (exact) mass is 211 g/mol. The van der Waals surface area contributed by atoms with E-state index in [9.17, 15) is 4.79 Å². The second-order valence-corrected chi connectivity index (χ2v) is 3.48. The zero-order valence-corrected chi connectivity index (χ0v) is 8.87. The van der Waals surface area contributed by atoms with Gasteiger partial charge in [-0.25, -0.2) is 0 Å². The first kappa shape index (κ1) is 12.1. The highest BCUT2D eigenvalue weighted by atomic mass is 35.5. The fraction of sp³-hybridized carbons (Fsp3) is 0.857. The Morgan fingerprint density at radius 3 is 2.83 bits per heavy atom. The van der Waals surface area contributed by atoms with Gasteiger partial charge in [0.05, 0.1) is 18.4 Å². The number of ether oxygens (including phenoxy) is 1. The van der Waals surface area contributed by atoms with Gasteiger partial charge < -0.3 is 10.1 Å². The zero-order valence-electron chi connectivity index (χ0n) is 7.30. The highest BCUT2D eigenvalue weighted by molar-refractivity contribution is 7.99. The summed E-state index contributed by atoms with van der Waals surface area (Å²) >= 11 is 7.07. The van der Waals surface area contributed by atoms with E-state index in [2.05, 4.69) is 5.32 Å². The van der Waals surface area contributed by atoms with Gasteiger partial charge >= 0.3 is 0 Å². The predicted octanol–water partition coefficient (Wildman–Crippen LogP) is 0.719. The lowest BCUT2D eigenvalue weighted by molar-refractivity contribution is -0.119. The van der Waals surface area contributed by atoms with E-state index in [1.807, 2.05) is 6.26 Å². The van der Waals surface area contributed by atoms with Crippen molar-refractivity contribution >= 4 is 29.3 Å². The molecular formula is C7H14ClNO2S. The van der Waals surface area contributed by atoms with Crippen molar-refractivity contribution < 1.29 is 9.53 Å². The number of carbonyl (C=O) groups is 1. The number of alkyl halides is 1. The topological polar surface area (TPSA) is 38.3 Å². The van der Waals surface area contributed by atoms with Gasteiger partial charge in [0.2, 0.25) is 5.91 Å². The number of hydrogen-bond acceptors (Lipinski definition) is 3. The molecule has 1 unspecified atom stereocenters. The highest BCUT2D eigenvalue weighted by Gasteiger charge is 2.09. The summed E-state index contributed by atoms with van der Waals surface area (Å²) in [6, 6.07) is -0.0729. The molecule has 0 aromatic heterocycles. The number of rotatable bonds is 6. The van der Waals surface area contributed by atoms with E-state index in [1.54, 1.807) is 7.11 Å². The Kier molecular flexibility index (Phi) is 7.75. The molecule has 0 aliphatic rings. The summed E-state index contributed by atoms with van der Waals surface area (Å²) in [7, 11) is 1.58. The van der Waals surface area contributed by atoms with Crippen LogP contribution >= 0.6 is 23.4 Å². The Labute approximate surface area is 82.2 Å². The minimum atomic E-state index is -0.0729. The summed E-state index contributed by atoms with van der Waals surface area (Å²) in [6.45, 7) is 0.462. The predicted molar refractivity (Wildman–Crippen MR) is 52.9 cm³/mol. The average molecular weight is 212 g/mol. The molecule has 0 spiro atoms. The third-order valence-corrected chi connectivity index (χ3v) is 2.12. The van der Waals surface area contributed by atoms with Crippen molar-refractivity contribution in [1.82, 2.24) is 5.32 Å². The Morgan fingerprint density at radius 1 is 1.75 bits per heavy atom. The first-order valence-electron chi connectivity index (χ1n) is 3.57. The molecule has 0 heterocycles. The van der Waals surface area contributed by atoms with Crippen LogP contribution in [0.4, 0.5) is 0 Å². The van der Waals surface area contributed by atoms with Crippen LogP contribution in [-0.4, -0.2) is 43.6 Å². The standard InChI is InChI=1S/C7H14ClNO2S/c1-11-4-6(3-8)9-7(10)5-12-2/h6H,3-5H2,1-2H3,(H,9,10). The van der Waals surface area contributed by atoms with Crippen LogP contribution in [0.5, 0.6) is 0 Å². The summed E-state index contributed by atoms with van der Waals surface area (Å²) in [5.41, 5.74) is 0. The molecule has 0 aliphatic heterocycles. The van der Waals surface area contributed by atoms with Crippen molar-refractivity contribution in [3.05, 3.63) is 0 Å². The van der Waals surface area contributed by atoms with E-state index in [0.717, 1.165) is 0 Å². The van der Waals surface area contributed by atoms with Crippen molar-refractivity contribution in [2.75, 3.05) is 31.6 Å². The fourth-order valence-electron chi connectivity index (χ4n) is 0.726. The Balaban J connectivity index is 3.61. The van der Waals surface area contributed by atoms with Crippen molar-refractivity contribution in [2.24, 2.45) is 0 Å². The number of nitrogens with one attached hydrogen (secondary N) is 1. The largest absolute Gasteiger partial charge is 0.383 e. The van der Waals surface area contributed by atoms with Gasteiger partial charge in [0.25, 0.3) is 0 Å². The maximum Gasteiger partial charge on any atom is 0.230 e. The maximum atomic E-state index is 11.0. The molecule has 0 aliphatic carbocycles. The lowest BCUT2D eigenvalue weighted by atomic mass is 10.3. The summed E-state index contributed by atoms with van der Waals surface area (Å²) in [6.07, 6.45) is 1.88. The third kappa shape index (κ3) is 5.69. The first-order valence-corrected chi connectivity index (χ1v) is 5.50. The normalized spacial score (nSPS) is 12.6. The van der Waals surface area contributed by atoms with Gasteiger partial charge in [-0.1, -0.05) is 0 Å². The van der Waals surface area contributed by atoms with Gasteiger partial charge in [0.1, 0.15) is 0 Å². The van der Waals surface area contributed by atoms with Crippen LogP contribution in [-0.2, 0) is 9.53 Å². The minimum Gasteiger partial charge on any atom is -0.383 e. The second-order valence-electron chi connectivity index (χ2n) is 2.31. The third-order valence-electron chi connectivity index (χ3n) is 1.19. The van der Waals surface area contributed by atoms with E-state index in [4.69, 9.17) is 16.3 Å². The number of halogens is 1. The molecular weight excluding hydrogens is 198 g/mol. The highest BCUT2D eigenvalue weighted by Crippen LogP contribution is 1.93. The molecule has 0 bridgehead atoms. The number of amides is 1. The van der Waals surface area contributed by atoms with Gasteiger partial charge in [0.15, 0.2) is 0 Å². The number of methoxy groups -OCH3 is 1. The Hall–Kier alpha value is 0.0700. The molecule has 3 nitrogen and oxygen atoms in total. The molecule has 0 saturated carbocycles. The number of hydrogen-bond donors (Lipinski definition) is 1. The summed E-state index contributed by atoms with van der Waals surface area (Å²) in [4.78, 5) is 11.0. The van der Waals surface area contributed by atoms with Gasteiger partial charge in [0, 0.05) is 13.0 Å². The van der Waals surface area contributed by atoms with E-state index >= 15 is 0 Å². The van der Waals surface area contributed by atoms with Crippen LogP contribution in [0.3, 0.4) is 0 Å². The summed E-state index contributed by atoms with van der Waals surface area (Å²) in [5, 5.41) is 2.75. The number of thioether (sulfide) groups is 1. The molecule has 0 radical (unpaired) electrons. The summed E-state index contributed by atoms with van der Waals surface area (Å²) in [5.74, 6) is 0.857. The molecule has 0 aromatic rings. The molecule has 1 atom stereocenters. The van der Waals surface area contributed by atoms with Gasteiger partial charge in [-0.05, 0) is 6.26 Å². The van der Waals surface area contributed by atoms with Crippen LogP contribution in [0, 0.1) is 0 Å².